The third kappa shape index (κ3) is 5.14. The number of carbonyl (C=O) groups excluding carboxylic acids is 2. The van der Waals surface area contributed by atoms with Crippen LogP contribution in [0.1, 0.15) is 16.8 Å². The van der Waals surface area contributed by atoms with Gasteiger partial charge in [-0.25, -0.2) is 0 Å². The molecule has 2 aromatic carbocycles. The van der Waals surface area contributed by atoms with Crippen molar-refractivity contribution < 1.29 is 19.4 Å². The predicted molar refractivity (Wildman–Crippen MR) is 102 cm³/mol. The van der Waals surface area contributed by atoms with Gasteiger partial charge in [0.05, 0.1) is 0 Å². The highest BCUT2D eigenvalue weighted by molar-refractivity contribution is 6.30. The van der Waals surface area contributed by atoms with Gasteiger partial charge in [-0.1, -0.05) is 17.7 Å². The topological polar surface area (TPSA) is 70.1 Å². The highest BCUT2D eigenvalue weighted by atomic mass is 35.5. The highest BCUT2D eigenvalue weighted by Gasteiger charge is 2.23. The molecule has 1 aliphatic heterocycles. The second-order valence-corrected chi connectivity index (χ2v) is 6.76. The number of rotatable bonds is 4. The van der Waals surface area contributed by atoms with Crippen LogP contribution in [0.5, 0.6) is 11.5 Å². The van der Waals surface area contributed by atoms with Crippen molar-refractivity contribution in [3.8, 4) is 11.5 Å². The summed E-state index contributed by atoms with van der Waals surface area (Å²) in [4.78, 5) is 28.4. The molecule has 2 aromatic rings. The first-order chi connectivity index (χ1) is 13.0. The Labute approximate surface area is 162 Å². The number of nitrogens with zero attached hydrogens (tertiary/aromatic N) is 2. The number of carbonyl (C=O) groups is 2. The van der Waals surface area contributed by atoms with Crippen LogP contribution >= 0.6 is 11.6 Å². The van der Waals surface area contributed by atoms with Gasteiger partial charge in [-0.3, -0.25) is 9.59 Å². The molecule has 0 radical (unpaired) electrons. The Hall–Kier alpha value is -2.73. The Kier molecular flexibility index (Phi) is 6.19. The van der Waals surface area contributed by atoms with E-state index in [2.05, 4.69) is 0 Å². The normalized spacial score (nSPS) is 14.6. The first-order valence-electron chi connectivity index (χ1n) is 8.77. The molecular weight excluding hydrogens is 368 g/mol. The zero-order valence-corrected chi connectivity index (χ0v) is 15.6. The molecule has 0 aliphatic carbocycles. The van der Waals surface area contributed by atoms with Gasteiger partial charge in [-0.2, -0.15) is 0 Å². The molecule has 0 bridgehead atoms. The van der Waals surface area contributed by atoms with Gasteiger partial charge in [0.15, 0.2) is 6.61 Å². The van der Waals surface area contributed by atoms with Gasteiger partial charge < -0.3 is 19.6 Å². The lowest BCUT2D eigenvalue weighted by atomic mass is 10.2. The van der Waals surface area contributed by atoms with Crippen molar-refractivity contribution in [3.05, 3.63) is 59.1 Å². The van der Waals surface area contributed by atoms with E-state index in [1.165, 1.54) is 12.1 Å². The number of halogens is 1. The molecule has 0 atom stereocenters. The minimum Gasteiger partial charge on any atom is -0.508 e. The summed E-state index contributed by atoms with van der Waals surface area (Å²) in [7, 11) is 0. The predicted octanol–water partition coefficient (Wildman–Crippen LogP) is 2.80. The largest absolute Gasteiger partial charge is 0.508 e. The summed E-state index contributed by atoms with van der Waals surface area (Å²) in [6.45, 7) is 1.99. The van der Waals surface area contributed by atoms with Crippen molar-refractivity contribution >= 4 is 23.4 Å². The minimum absolute atomic E-state index is 0.0534. The molecule has 3 rings (SSSR count). The van der Waals surface area contributed by atoms with Gasteiger partial charge in [-0.05, 0) is 48.9 Å². The zero-order chi connectivity index (χ0) is 19.2. The van der Waals surface area contributed by atoms with E-state index in [0.717, 1.165) is 0 Å². The van der Waals surface area contributed by atoms with Crippen molar-refractivity contribution in [2.75, 3.05) is 32.8 Å². The molecule has 1 fully saturated rings. The van der Waals surface area contributed by atoms with Crippen molar-refractivity contribution in [1.29, 1.82) is 0 Å². The molecule has 0 spiro atoms. The molecule has 142 valence electrons. The molecule has 1 saturated heterocycles. The fourth-order valence-corrected chi connectivity index (χ4v) is 3.08. The first-order valence-corrected chi connectivity index (χ1v) is 9.15. The van der Waals surface area contributed by atoms with Gasteiger partial charge in [0.25, 0.3) is 11.8 Å². The minimum atomic E-state index is -0.141. The molecule has 0 saturated carbocycles. The van der Waals surface area contributed by atoms with Crippen molar-refractivity contribution in [2.24, 2.45) is 0 Å². The Morgan fingerprint density at radius 3 is 2.44 bits per heavy atom. The number of hydrogen-bond donors (Lipinski definition) is 1. The van der Waals surface area contributed by atoms with Crippen molar-refractivity contribution in [1.82, 2.24) is 9.80 Å². The second-order valence-electron chi connectivity index (χ2n) is 6.32. The fourth-order valence-electron chi connectivity index (χ4n) is 2.96. The van der Waals surface area contributed by atoms with E-state index in [4.69, 9.17) is 16.3 Å². The van der Waals surface area contributed by atoms with Gasteiger partial charge in [-0.15, -0.1) is 0 Å². The molecule has 27 heavy (non-hydrogen) atoms. The first kappa shape index (κ1) is 19.0. The summed E-state index contributed by atoms with van der Waals surface area (Å²) in [5, 5.41) is 10.2. The quantitative estimate of drug-likeness (QED) is 0.874. The highest BCUT2D eigenvalue weighted by Crippen LogP contribution is 2.17. The number of ether oxygens (including phenoxy) is 1. The summed E-state index contributed by atoms with van der Waals surface area (Å²) >= 11 is 5.83. The van der Waals surface area contributed by atoms with E-state index in [1.807, 2.05) is 0 Å². The lowest BCUT2D eigenvalue weighted by Gasteiger charge is -2.22. The van der Waals surface area contributed by atoms with Gasteiger partial charge >= 0.3 is 0 Å². The monoisotopic (exact) mass is 388 g/mol. The average molecular weight is 389 g/mol. The summed E-state index contributed by atoms with van der Waals surface area (Å²) < 4.78 is 5.52. The van der Waals surface area contributed by atoms with E-state index in [1.54, 1.807) is 46.2 Å². The molecule has 1 aliphatic rings. The molecule has 1 heterocycles. The van der Waals surface area contributed by atoms with Gasteiger partial charge in [0, 0.05) is 36.8 Å². The van der Waals surface area contributed by atoms with Crippen LogP contribution in [0.15, 0.2) is 48.5 Å². The smallest absolute Gasteiger partial charge is 0.260 e. The lowest BCUT2D eigenvalue weighted by molar-refractivity contribution is -0.133. The Morgan fingerprint density at radius 1 is 1.00 bits per heavy atom. The van der Waals surface area contributed by atoms with E-state index >= 15 is 0 Å². The van der Waals surface area contributed by atoms with E-state index < -0.39 is 0 Å². The maximum absolute atomic E-state index is 12.6. The molecule has 2 amide bonds. The van der Waals surface area contributed by atoms with Crippen molar-refractivity contribution in [2.45, 2.75) is 6.42 Å². The maximum Gasteiger partial charge on any atom is 0.260 e. The number of phenolic OH excluding ortho intramolecular Hbond substituents is 1. The van der Waals surface area contributed by atoms with E-state index in [9.17, 15) is 14.7 Å². The Bertz CT molecular complexity index is 810. The molecule has 7 heteroatoms. The van der Waals surface area contributed by atoms with Crippen LogP contribution in [-0.2, 0) is 4.79 Å². The van der Waals surface area contributed by atoms with Crippen LogP contribution in [0, 0.1) is 0 Å². The van der Waals surface area contributed by atoms with Crippen LogP contribution in [0.3, 0.4) is 0 Å². The zero-order valence-electron chi connectivity index (χ0n) is 14.8. The van der Waals surface area contributed by atoms with Crippen LogP contribution in [-0.4, -0.2) is 59.5 Å². The lowest BCUT2D eigenvalue weighted by Crippen LogP contribution is -2.39. The summed E-state index contributed by atoms with van der Waals surface area (Å²) in [5.41, 5.74) is 0.445. The Balaban J connectivity index is 1.53. The summed E-state index contributed by atoms with van der Waals surface area (Å²) in [5.74, 6) is 0.393. The molecular formula is C20H21ClN2O4. The fraction of sp³-hybridized carbons (Fsp3) is 0.300. The molecule has 1 N–H and O–H groups in total. The average Bonchev–Trinajstić information content (AvgIpc) is 2.93. The maximum atomic E-state index is 12.6. The molecule has 0 unspecified atom stereocenters. The summed E-state index contributed by atoms with van der Waals surface area (Å²) in [6, 6.07) is 13.1. The third-order valence-electron chi connectivity index (χ3n) is 4.40. The molecule has 6 nitrogen and oxygen atoms in total. The van der Waals surface area contributed by atoms with Crippen molar-refractivity contribution in [3.63, 3.8) is 0 Å². The number of amides is 2. The summed E-state index contributed by atoms with van der Waals surface area (Å²) in [6.07, 6.45) is 0.692. The van der Waals surface area contributed by atoms with E-state index in [0.29, 0.717) is 48.9 Å². The third-order valence-corrected chi connectivity index (χ3v) is 4.66. The number of hydrogen-bond acceptors (Lipinski definition) is 4. The second kappa shape index (κ2) is 8.77. The van der Waals surface area contributed by atoms with Crippen LogP contribution in [0.4, 0.5) is 0 Å². The Morgan fingerprint density at radius 2 is 1.70 bits per heavy atom. The van der Waals surface area contributed by atoms with Crippen LogP contribution in [0.2, 0.25) is 5.02 Å². The number of phenols is 1. The van der Waals surface area contributed by atoms with E-state index in [-0.39, 0.29) is 24.2 Å². The number of aromatic hydroxyl groups is 1. The molecule has 0 aromatic heterocycles. The van der Waals surface area contributed by atoms with Gasteiger partial charge in [0.2, 0.25) is 0 Å². The number of benzene rings is 2. The van der Waals surface area contributed by atoms with Crippen LogP contribution < -0.4 is 4.74 Å². The standard InChI is InChI=1S/C20H21ClN2O4/c21-16-5-7-18(8-6-16)27-14-19(25)22-9-2-10-23(12-11-22)20(26)15-3-1-4-17(24)13-15/h1,3-8,13,24H,2,9-12,14H2. The van der Waals surface area contributed by atoms with Gasteiger partial charge in [0.1, 0.15) is 11.5 Å². The van der Waals surface area contributed by atoms with Crippen LogP contribution in [0.25, 0.3) is 0 Å². The SMILES string of the molecule is O=C(COc1ccc(Cl)cc1)N1CCCN(C(=O)c2cccc(O)c2)CC1.